The highest BCUT2D eigenvalue weighted by atomic mass is 16.2. The highest BCUT2D eigenvalue weighted by Crippen LogP contribution is 2.20. The zero-order valence-corrected chi connectivity index (χ0v) is 26.8. The largest absolute Gasteiger partial charge is 0.361 e. The number of amides is 2. The third-order valence-electron chi connectivity index (χ3n) is 8.42. The maximum atomic E-state index is 13.7. The van der Waals surface area contributed by atoms with Gasteiger partial charge in [-0.3, -0.25) is 9.59 Å². The Morgan fingerprint density at radius 1 is 0.786 bits per heavy atom. The van der Waals surface area contributed by atoms with Crippen LogP contribution in [0.1, 0.15) is 115 Å². The molecule has 0 fully saturated rings. The quantitative estimate of drug-likeness (QED) is 0.137. The molecule has 0 spiro atoms. The van der Waals surface area contributed by atoms with E-state index in [1.54, 1.807) is 4.90 Å². The first-order valence-electron chi connectivity index (χ1n) is 16.6. The second-order valence-corrected chi connectivity index (χ2v) is 12.3. The van der Waals surface area contributed by atoms with Crippen LogP contribution in [0.5, 0.6) is 0 Å². The SMILES string of the molecule is CCCCCCCCCCCCCC(=O)N(CC(=O)N(CCc1c[nH]c2ccccc12)Cc1ccc(C)cc1)C(C)C. The second-order valence-electron chi connectivity index (χ2n) is 12.3. The number of aromatic nitrogens is 1. The number of para-hydroxylation sites is 1. The maximum absolute atomic E-state index is 13.7. The zero-order valence-electron chi connectivity index (χ0n) is 26.8. The molecule has 3 rings (SSSR count). The summed E-state index contributed by atoms with van der Waals surface area (Å²) >= 11 is 0. The van der Waals surface area contributed by atoms with Crippen LogP contribution in [-0.2, 0) is 22.6 Å². The third-order valence-corrected chi connectivity index (χ3v) is 8.42. The fourth-order valence-corrected chi connectivity index (χ4v) is 5.69. The lowest BCUT2D eigenvalue weighted by molar-refractivity contribution is -0.142. The summed E-state index contributed by atoms with van der Waals surface area (Å²) in [4.78, 5) is 34.0. The number of hydrogen-bond acceptors (Lipinski definition) is 2. The molecule has 0 unspecified atom stereocenters. The Morgan fingerprint density at radius 2 is 1.40 bits per heavy atom. The van der Waals surface area contributed by atoms with Crippen LogP contribution in [0.15, 0.2) is 54.7 Å². The monoisotopic (exact) mass is 573 g/mol. The van der Waals surface area contributed by atoms with Crippen molar-refractivity contribution >= 4 is 22.7 Å². The third kappa shape index (κ3) is 11.3. The van der Waals surface area contributed by atoms with E-state index in [2.05, 4.69) is 67.5 Å². The minimum Gasteiger partial charge on any atom is -0.361 e. The fourth-order valence-electron chi connectivity index (χ4n) is 5.69. The van der Waals surface area contributed by atoms with E-state index in [1.165, 1.54) is 74.3 Å². The van der Waals surface area contributed by atoms with Crippen LogP contribution in [0.25, 0.3) is 10.9 Å². The molecule has 0 bridgehead atoms. The molecule has 1 aromatic heterocycles. The summed E-state index contributed by atoms with van der Waals surface area (Å²) < 4.78 is 0. The Bertz CT molecular complexity index is 1200. The smallest absolute Gasteiger partial charge is 0.242 e. The van der Waals surface area contributed by atoms with E-state index in [-0.39, 0.29) is 24.4 Å². The standard InChI is InChI=1S/C37H55N3O2/c1-5-6-7-8-9-10-11-12-13-14-15-20-36(41)40(30(2)3)29-37(42)39(28-32-23-21-31(4)22-24-32)26-25-33-27-38-35-19-17-16-18-34(33)35/h16-19,21-24,27,30,38H,5-15,20,25-26,28-29H2,1-4H3. The average molecular weight is 574 g/mol. The van der Waals surface area contributed by atoms with Gasteiger partial charge in [0.05, 0.1) is 6.54 Å². The summed E-state index contributed by atoms with van der Waals surface area (Å²) in [5, 5.41) is 1.20. The highest BCUT2D eigenvalue weighted by molar-refractivity contribution is 5.85. The first-order valence-corrected chi connectivity index (χ1v) is 16.6. The van der Waals surface area contributed by atoms with Crippen LogP contribution in [0.3, 0.4) is 0 Å². The van der Waals surface area contributed by atoms with Gasteiger partial charge in [0.2, 0.25) is 11.8 Å². The number of unbranched alkanes of at least 4 members (excludes halogenated alkanes) is 10. The van der Waals surface area contributed by atoms with Gasteiger partial charge >= 0.3 is 0 Å². The van der Waals surface area contributed by atoms with Crippen molar-refractivity contribution in [2.24, 2.45) is 0 Å². The van der Waals surface area contributed by atoms with Crippen LogP contribution < -0.4 is 0 Å². The van der Waals surface area contributed by atoms with Crippen molar-refractivity contribution in [2.75, 3.05) is 13.1 Å². The van der Waals surface area contributed by atoms with Crippen molar-refractivity contribution in [2.45, 2.75) is 124 Å². The van der Waals surface area contributed by atoms with Gasteiger partial charge in [-0.05, 0) is 50.8 Å². The summed E-state index contributed by atoms with van der Waals surface area (Å²) in [5.41, 5.74) is 4.63. The predicted molar refractivity (Wildman–Crippen MR) is 177 cm³/mol. The first-order chi connectivity index (χ1) is 20.4. The Labute approximate surface area is 255 Å². The summed E-state index contributed by atoms with van der Waals surface area (Å²) in [7, 11) is 0. The molecule has 0 saturated carbocycles. The van der Waals surface area contributed by atoms with E-state index in [4.69, 9.17) is 0 Å². The van der Waals surface area contributed by atoms with Crippen molar-refractivity contribution in [3.63, 3.8) is 0 Å². The number of H-pyrrole nitrogens is 1. The molecule has 2 aromatic carbocycles. The van der Waals surface area contributed by atoms with Crippen LogP contribution in [0, 0.1) is 6.92 Å². The number of rotatable bonds is 20. The molecule has 0 saturated heterocycles. The van der Waals surface area contributed by atoms with Crippen molar-refractivity contribution in [3.8, 4) is 0 Å². The van der Waals surface area contributed by atoms with Crippen molar-refractivity contribution < 1.29 is 9.59 Å². The lowest BCUT2D eigenvalue weighted by atomic mass is 10.0. The Hall–Kier alpha value is -3.08. The number of nitrogens with one attached hydrogen (secondary N) is 1. The molecular weight excluding hydrogens is 518 g/mol. The summed E-state index contributed by atoms with van der Waals surface area (Å²) in [5.74, 6) is 0.109. The minimum absolute atomic E-state index is 0.0102. The maximum Gasteiger partial charge on any atom is 0.242 e. The molecule has 0 aliphatic carbocycles. The van der Waals surface area contributed by atoms with Gasteiger partial charge in [-0.25, -0.2) is 0 Å². The Kier molecular flexibility index (Phi) is 14.7. The number of benzene rings is 2. The molecular formula is C37H55N3O2. The predicted octanol–water partition coefficient (Wildman–Crippen LogP) is 8.99. The molecule has 1 heterocycles. The molecule has 0 radical (unpaired) electrons. The molecule has 42 heavy (non-hydrogen) atoms. The molecule has 0 aliphatic rings. The van der Waals surface area contributed by atoms with Crippen LogP contribution >= 0.6 is 0 Å². The topological polar surface area (TPSA) is 56.4 Å². The van der Waals surface area contributed by atoms with Gasteiger partial charge in [-0.15, -0.1) is 0 Å². The molecule has 5 heteroatoms. The summed E-state index contributed by atoms with van der Waals surface area (Å²) in [6.07, 6.45) is 17.2. The number of carbonyl (C=O) groups is 2. The van der Waals surface area contributed by atoms with E-state index in [9.17, 15) is 9.59 Å². The molecule has 1 N–H and O–H groups in total. The van der Waals surface area contributed by atoms with Gasteiger partial charge in [-0.1, -0.05) is 119 Å². The Balaban J connectivity index is 1.51. The minimum atomic E-state index is -0.0102. The average Bonchev–Trinajstić information content (AvgIpc) is 3.40. The van der Waals surface area contributed by atoms with E-state index < -0.39 is 0 Å². The molecule has 5 nitrogen and oxygen atoms in total. The number of hydrogen-bond donors (Lipinski definition) is 1. The molecule has 0 aliphatic heterocycles. The highest BCUT2D eigenvalue weighted by Gasteiger charge is 2.23. The van der Waals surface area contributed by atoms with E-state index in [0.717, 1.165) is 30.3 Å². The normalized spacial score (nSPS) is 11.4. The molecule has 0 atom stereocenters. The molecule has 2 amide bonds. The lowest BCUT2D eigenvalue weighted by Gasteiger charge is -2.30. The van der Waals surface area contributed by atoms with Gasteiger partial charge in [0.1, 0.15) is 0 Å². The number of fused-ring (bicyclic) bond motifs is 1. The van der Waals surface area contributed by atoms with Crippen LogP contribution in [0.4, 0.5) is 0 Å². The zero-order chi connectivity index (χ0) is 30.2. The molecule has 3 aromatic rings. The van der Waals surface area contributed by atoms with Crippen LogP contribution in [-0.4, -0.2) is 45.7 Å². The van der Waals surface area contributed by atoms with Crippen molar-refractivity contribution in [3.05, 3.63) is 71.4 Å². The summed E-state index contributed by atoms with van der Waals surface area (Å²) in [6, 6.07) is 16.7. The fraction of sp³-hybridized carbons (Fsp3) is 0.568. The number of aromatic amines is 1. The number of nitrogens with zero attached hydrogens (tertiary/aromatic N) is 2. The van der Waals surface area contributed by atoms with Gasteiger partial charge < -0.3 is 14.8 Å². The van der Waals surface area contributed by atoms with Crippen molar-refractivity contribution in [1.29, 1.82) is 0 Å². The number of carbonyl (C=O) groups excluding carboxylic acids is 2. The van der Waals surface area contributed by atoms with Crippen LogP contribution in [0.2, 0.25) is 0 Å². The van der Waals surface area contributed by atoms with Gasteiger partial charge in [0.25, 0.3) is 0 Å². The van der Waals surface area contributed by atoms with Gasteiger partial charge in [0.15, 0.2) is 0 Å². The van der Waals surface area contributed by atoms with Gasteiger partial charge in [0, 0.05) is 42.7 Å². The lowest BCUT2D eigenvalue weighted by Crippen LogP contribution is -2.46. The first kappa shape index (κ1) is 33.4. The number of aryl methyl sites for hydroxylation is 1. The van der Waals surface area contributed by atoms with E-state index >= 15 is 0 Å². The summed E-state index contributed by atoms with van der Waals surface area (Å²) in [6.45, 7) is 9.65. The second kappa shape index (κ2) is 18.5. The van der Waals surface area contributed by atoms with E-state index in [0.29, 0.717) is 19.5 Å². The Morgan fingerprint density at radius 3 is 2.05 bits per heavy atom. The molecule has 230 valence electrons. The van der Waals surface area contributed by atoms with E-state index in [1.807, 2.05) is 24.8 Å². The van der Waals surface area contributed by atoms with Gasteiger partial charge in [-0.2, -0.15) is 0 Å². The van der Waals surface area contributed by atoms with Crippen molar-refractivity contribution in [1.82, 2.24) is 14.8 Å².